The van der Waals surface area contributed by atoms with Gasteiger partial charge in [0.25, 0.3) is 0 Å². The number of rotatable bonds is 0. The zero-order valence-electron chi connectivity index (χ0n) is 7.40. The first-order valence-corrected chi connectivity index (χ1v) is 4.23. The SMILES string of the molecule is CC(=O)N1CCC[C@H](C(F)(F)F)C1. The molecule has 0 spiro atoms. The van der Waals surface area contributed by atoms with Crippen LogP contribution in [0.4, 0.5) is 13.2 Å². The maximum absolute atomic E-state index is 12.2. The molecule has 76 valence electrons. The Morgan fingerprint density at radius 1 is 1.46 bits per heavy atom. The van der Waals surface area contributed by atoms with Crippen molar-refractivity contribution in [3.05, 3.63) is 0 Å². The van der Waals surface area contributed by atoms with Crippen LogP contribution in [0.15, 0.2) is 0 Å². The summed E-state index contributed by atoms with van der Waals surface area (Å²) in [5.74, 6) is -1.60. The molecule has 0 N–H and O–H groups in total. The van der Waals surface area contributed by atoms with E-state index in [1.807, 2.05) is 0 Å². The lowest BCUT2D eigenvalue weighted by atomic mass is 9.97. The summed E-state index contributed by atoms with van der Waals surface area (Å²) in [5.41, 5.74) is 0. The zero-order valence-corrected chi connectivity index (χ0v) is 7.40. The van der Waals surface area contributed by atoms with Crippen molar-refractivity contribution in [2.75, 3.05) is 13.1 Å². The van der Waals surface area contributed by atoms with Gasteiger partial charge in [0.2, 0.25) is 5.91 Å². The molecular weight excluding hydrogens is 183 g/mol. The monoisotopic (exact) mass is 195 g/mol. The highest BCUT2D eigenvalue weighted by atomic mass is 19.4. The Kier molecular flexibility index (Phi) is 2.83. The molecule has 13 heavy (non-hydrogen) atoms. The number of hydrogen-bond donors (Lipinski definition) is 0. The molecule has 1 aliphatic rings. The maximum Gasteiger partial charge on any atom is 0.393 e. The molecule has 1 heterocycles. The van der Waals surface area contributed by atoms with Crippen LogP contribution >= 0.6 is 0 Å². The summed E-state index contributed by atoms with van der Waals surface area (Å²) < 4.78 is 36.7. The van der Waals surface area contributed by atoms with E-state index < -0.39 is 12.1 Å². The number of carbonyl (C=O) groups excluding carboxylic acids is 1. The normalized spacial score (nSPS) is 24.6. The van der Waals surface area contributed by atoms with Crippen LogP contribution in [-0.2, 0) is 4.79 Å². The highest BCUT2D eigenvalue weighted by molar-refractivity contribution is 5.73. The van der Waals surface area contributed by atoms with Crippen LogP contribution in [0.5, 0.6) is 0 Å². The summed E-state index contributed by atoms with van der Waals surface area (Å²) in [4.78, 5) is 12.1. The topological polar surface area (TPSA) is 20.3 Å². The number of carbonyl (C=O) groups is 1. The van der Waals surface area contributed by atoms with E-state index in [1.54, 1.807) is 0 Å². The number of amides is 1. The van der Waals surface area contributed by atoms with Crippen LogP contribution in [-0.4, -0.2) is 30.1 Å². The number of hydrogen-bond acceptors (Lipinski definition) is 1. The molecule has 1 aliphatic heterocycles. The molecule has 0 aromatic carbocycles. The Morgan fingerprint density at radius 3 is 2.54 bits per heavy atom. The van der Waals surface area contributed by atoms with Gasteiger partial charge in [-0.15, -0.1) is 0 Å². The summed E-state index contributed by atoms with van der Waals surface area (Å²) >= 11 is 0. The van der Waals surface area contributed by atoms with Gasteiger partial charge in [0, 0.05) is 20.0 Å². The van der Waals surface area contributed by atoms with Gasteiger partial charge in [-0.3, -0.25) is 4.79 Å². The van der Waals surface area contributed by atoms with Crippen molar-refractivity contribution in [3.63, 3.8) is 0 Å². The van der Waals surface area contributed by atoms with Crippen molar-refractivity contribution in [3.8, 4) is 0 Å². The van der Waals surface area contributed by atoms with E-state index in [0.717, 1.165) is 0 Å². The second-order valence-corrected chi connectivity index (χ2v) is 3.35. The van der Waals surface area contributed by atoms with E-state index in [-0.39, 0.29) is 18.9 Å². The molecule has 0 aromatic rings. The van der Waals surface area contributed by atoms with Crippen molar-refractivity contribution in [2.24, 2.45) is 5.92 Å². The molecule has 1 atom stereocenters. The second kappa shape index (κ2) is 3.55. The fraction of sp³-hybridized carbons (Fsp3) is 0.875. The molecule has 0 unspecified atom stereocenters. The molecule has 0 radical (unpaired) electrons. The summed E-state index contributed by atoms with van der Waals surface area (Å²) in [6, 6.07) is 0. The maximum atomic E-state index is 12.2. The Hall–Kier alpha value is -0.740. The Bertz CT molecular complexity index is 202. The molecule has 5 heteroatoms. The van der Waals surface area contributed by atoms with Gasteiger partial charge >= 0.3 is 6.18 Å². The summed E-state index contributed by atoms with van der Waals surface area (Å²) in [5, 5.41) is 0. The van der Waals surface area contributed by atoms with Gasteiger partial charge in [-0.05, 0) is 12.8 Å². The van der Waals surface area contributed by atoms with Crippen LogP contribution in [0.3, 0.4) is 0 Å². The largest absolute Gasteiger partial charge is 0.393 e. The Balaban J connectivity index is 2.57. The summed E-state index contributed by atoms with van der Waals surface area (Å²) in [7, 11) is 0. The van der Waals surface area contributed by atoms with Crippen molar-refractivity contribution in [2.45, 2.75) is 25.9 Å². The average Bonchev–Trinajstić information content (AvgIpc) is 2.03. The van der Waals surface area contributed by atoms with E-state index >= 15 is 0 Å². The van der Waals surface area contributed by atoms with Gasteiger partial charge in [0.15, 0.2) is 0 Å². The lowest BCUT2D eigenvalue weighted by Crippen LogP contribution is -2.43. The molecule has 0 saturated carbocycles. The minimum Gasteiger partial charge on any atom is -0.342 e. The third-order valence-electron chi connectivity index (χ3n) is 2.33. The van der Waals surface area contributed by atoms with Crippen LogP contribution in [0.25, 0.3) is 0 Å². The zero-order chi connectivity index (χ0) is 10.1. The first-order valence-electron chi connectivity index (χ1n) is 4.23. The molecule has 0 aromatic heterocycles. The lowest BCUT2D eigenvalue weighted by molar-refractivity contribution is -0.187. The molecule has 1 rings (SSSR count). The van der Waals surface area contributed by atoms with E-state index in [0.29, 0.717) is 13.0 Å². The lowest BCUT2D eigenvalue weighted by Gasteiger charge is -2.32. The standard InChI is InChI=1S/C8H12F3NO/c1-6(13)12-4-2-3-7(5-12)8(9,10)11/h7H,2-5H2,1H3/t7-/m0/s1. The molecule has 0 bridgehead atoms. The third kappa shape index (κ3) is 2.60. The molecule has 1 saturated heterocycles. The molecule has 1 fully saturated rings. The molecular formula is C8H12F3NO. The number of halogens is 3. The van der Waals surface area contributed by atoms with Gasteiger partial charge in [-0.1, -0.05) is 0 Å². The Morgan fingerprint density at radius 2 is 2.08 bits per heavy atom. The molecule has 0 aliphatic carbocycles. The third-order valence-corrected chi connectivity index (χ3v) is 2.33. The quantitative estimate of drug-likeness (QED) is 0.577. The van der Waals surface area contributed by atoms with E-state index in [4.69, 9.17) is 0 Å². The second-order valence-electron chi connectivity index (χ2n) is 3.35. The van der Waals surface area contributed by atoms with E-state index in [1.165, 1.54) is 11.8 Å². The highest BCUT2D eigenvalue weighted by Gasteiger charge is 2.42. The van der Waals surface area contributed by atoms with Gasteiger partial charge in [-0.25, -0.2) is 0 Å². The fourth-order valence-electron chi connectivity index (χ4n) is 1.53. The fourth-order valence-corrected chi connectivity index (χ4v) is 1.53. The molecule has 2 nitrogen and oxygen atoms in total. The Labute approximate surface area is 74.7 Å². The molecule has 1 amide bonds. The van der Waals surface area contributed by atoms with E-state index in [9.17, 15) is 18.0 Å². The minimum atomic E-state index is -4.16. The minimum absolute atomic E-state index is 0.146. The van der Waals surface area contributed by atoms with Gasteiger partial charge in [-0.2, -0.15) is 13.2 Å². The van der Waals surface area contributed by atoms with Crippen molar-refractivity contribution >= 4 is 5.91 Å². The summed E-state index contributed by atoms with van der Waals surface area (Å²) in [6.45, 7) is 1.60. The highest BCUT2D eigenvalue weighted by Crippen LogP contribution is 2.32. The summed E-state index contributed by atoms with van der Waals surface area (Å²) in [6.07, 6.45) is -3.56. The predicted molar refractivity (Wildman–Crippen MR) is 41.0 cm³/mol. The van der Waals surface area contributed by atoms with Gasteiger partial charge in [0.1, 0.15) is 0 Å². The van der Waals surface area contributed by atoms with Crippen molar-refractivity contribution in [1.29, 1.82) is 0 Å². The smallest absolute Gasteiger partial charge is 0.342 e. The average molecular weight is 195 g/mol. The first-order chi connectivity index (χ1) is 5.91. The first kappa shape index (κ1) is 10.3. The number of alkyl halides is 3. The number of likely N-dealkylation sites (tertiary alicyclic amines) is 1. The van der Waals surface area contributed by atoms with Crippen molar-refractivity contribution < 1.29 is 18.0 Å². The van der Waals surface area contributed by atoms with Gasteiger partial charge in [0.05, 0.1) is 5.92 Å². The van der Waals surface area contributed by atoms with E-state index in [2.05, 4.69) is 0 Å². The predicted octanol–water partition coefficient (Wildman–Crippen LogP) is 1.81. The van der Waals surface area contributed by atoms with Crippen LogP contribution in [0, 0.1) is 5.92 Å². The van der Waals surface area contributed by atoms with Crippen LogP contribution in [0.1, 0.15) is 19.8 Å². The van der Waals surface area contributed by atoms with Gasteiger partial charge < -0.3 is 4.90 Å². The number of piperidine rings is 1. The van der Waals surface area contributed by atoms with Crippen molar-refractivity contribution in [1.82, 2.24) is 4.90 Å². The van der Waals surface area contributed by atoms with Crippen LogP contribution in [0.2, 0.25) is 0 Å². The van der Waals surface area contributed by atoms with Crippen LogP contribution < -0.4 is 0 Å². The number of nitrogens with zero attached hydrogens (tertiary/aromatic N) is 1.